The number of rotatable bonds is 2. The van der Waals surface area contributed by atoms with Crippen molar-refractivity contribution in [1.29, 1.82) is 0 Å². The van der Waals surface area contributed by atoms with Crippen molar-refractivity contribution in [2.24, 2.45) is 0 Å². The first-order valence-corrected chi connectivity index (χ1v) is 6.76. The fraction of sp³-hybridized carbons (Fsp3) is 0.188. The number of ether oxygens (including phenoxy) is 1. The minimum absolute atomic E-state index is 0.119. The SMILES string of the molecule is Cc1cccc2c1C2.O=C(OCS)c1ccccc1. The van der Waals surface area contributed by atoms with E-state index in [1.165, 1.54) is 12.0 Å². The summed E-state index contributed by atoms with van der Waals surface area (Å²) < 4.78 is 4.65. The first-order valence-electron chi connectivity index (χ1n) is 6.12. The van der Waals surface area contributed by atoms with E-state index >= 15 is 0 Å². The van der Waals surface area contributed by atoms with E-state index in [1.54, 1.807) is 35.4 Å². The zero-order valence-electron chi connectivity index (χ0n) is 10.8. The fourth-order valence-electron chi connectivity index (χ4n) is 1.82. The molecule has 1 aliphatic carbocycles. The molecule has 0 N–H and O–H groups in total. The predicted octanol–water partition coefficient (Wildman–Crippen LogP) is 3.63. The lowest BCUT2D eigenvalue weighted by Gasteiger charge is -1.98. The Morgan fingerprint density at radius 3 is 2.47 bits per heavy atom. The lowest BCUT2D eigenvalue weighted by atomic mass is 10.2. The number of carbonyl (C=O) groups excluding carboxylic acids is 1. The molecule has 2 aromatic rings. The second-order valence-electron chi connectivity index (χ2n) is 4.32. The van der Waals surface area contributed by atoms with Crippen molar-refractivity contribution in [3.8, 4) is 0 Å². The lowest BCUT2D eigenvalue weighted by Crippen LogP contribution is -2.02. The highest BCUT2D eigenvalue weighted by atomic mass is 32.1. The maximum Gasteiger partial charge on any atom is 0.338 e. The molecule has 0 amide bonds. The van der Waals surface area contributed by atoms with Crippen molar-refractivity contribution in [2.45, 2.75) is 13.3 Å². The van der Waals surface area contributed by atoms with Crippen LogP contribution in [0.3, 0.4) is 0 Å². The average molecular weight is 272 g/mol. The summed E-state index contributed by atoms with van der Waals surface area (Å²) in [6.07, 6.45) is 1.25. The van der Waals surface area contributed by atoms with Gasteiger partial charge in [0.15, 0.2) is 0 Å². The van der Waals surface area contributed by atoms with Gasteiger partial charge in [0.05, 0.1) is 5.56 Å². The first-order chi connectivity index (χ1) is 9.22. The van der Waals surface area contributed by atoms with Crippen LogP contribution in [-0.2, 0) is 11.2 Å². The van der Waals surface area contributed by atoms with Crippen molar-refractivity contribution in [1.82, 2.24) is 0 Å². The Kier molecular flexibility index (Phi) is 4.63. The zero-order chi connectivity index (χ0) is 13.7. The number of fused-ring (bicyclic) bond motifs is 1. The van der Waals surface area contributed by atoms with Crippen molar-refractivity contribution < 1.29 is 9.53 Å². The molecule has 2 aromatic carbocycles. The van der Waals surface area contributed by atoms with Gasteiger partial charge in [-0.15, -0.1) is 12.6 Å². The summed E-state index contributed by atoms with van der Waals surface area (Å²) in [5.41, 5.74) is 5.14. The molecule has 0 atom stereocenters. The van der Waals surface area contributed by atoms with Crippen LogP contribution in [0.4, 0.5) is 0 Å². The van der Waals surface area contributed by atoms with Gasteiger partial charge in [0.2, 0.25) is 0 Å². The van der Waals surface area contributed by atoms with Crippen LogP contribution in [0.2, 0.25) is 0 Å². The van der Waals surface area contributed by atoms with Crippen LogP contribution in [0, 0.1) is 6.92 Å². The lowest BCUT2D eigenvalue weighted by molar-refractivity contribution is 0.0581. The van der Waals surface area contributed by atoms with Gasteiger partial charge in [0.1, 0.15) is 5.94 Å². The van der Waals surface area contributed by atoms with Gasteiger partial charge >= 0.3 is 5.97 Å². The van der Waals surface area contributed by atoms with Crippen LogP contribution in [0.1, 0.15) is 27.0 Å². The summed E-state index contributed by atoms with van der Waals surface area (Å²) in [5.74, 6) is -0.214. The van der Waals surface area contributed by atoms with Crippen molar-refractivity contribution >= 4 is 18.6 Å². The summed E-state index contributed by atoms with van der Waals surface area (Å²) in [6.45, 7) is 2.17. The predicted molar refractivity (Wildman–Crippen MR) is 79.7 cm³/mol. The molecule has 0 aromatic heterocycles. The molecule has 0 radical (unpaired) electrons. The van der Waals surface area contributed by atoms with Gasteiger partial charge in [0, 0.05) is 0 Å². The van der Waals surface area contributed by atoms with Gasteiger partial charge in [-0.3, -0.25) is 0 Å². The van der Waals surface area contributed by atoms with Crippen molar-refractivity contribution in [2.75, 3.05) is 5.94 Å². The van der Waals surface area contributed by atoms with Crippen LogP contribution < -0.4 is 0 Å². The normalized spacial score (nSPS) is 10.8. The molecular formula is C16H16O2S. The van der Waals surface area contributed by atoms with Crippen LogP contribution in [0.25, 0.3) is 0 Å². The number of esters is 1. The van der Waals surface area contributed by atoms with Crippen LogP contribution in [-0.4, -0.2) is 11.9 Å². The largest absolute Gasteiger partial charge is 0.451 e. The molecule has 0 spiro atoms. The van der Waals surface area contributed by atoms with E-state index in [9.17, 15) is 4.79 Å². The highest BCUT2D eigenvalue weighted by molar-refractivity contribution is 7.80. The number of hydrogen-bond acceptors (Lipinski definition) is 3. The van der Waals surface area contributed by atoms with E-state index in [0.29, 0.717) is 5.56 Å². The third kappa shape index (κ3) is 3.86. The van der Waals surface area contributed by atoms with E-state index in [1.807, 2.05) is 6.07 Å². The van der Waals surface area contributed by atoms with Crippen LogP contribution in [0.5, 0.6) is 0 Å². The highest BCUT2D eigenvalue weighted by Crippen LogP contribution is 2.29. The minimum atomic E-state index is -0.333. The molecule has 0 unspecified atom stereocenters. The quantitative estimate of drug-likeness (QED) is 0.438. The minimum Gasteiger partial charge on any atom is -0.451 e. The topological polar surface area (TPSA) is 26.3 Å². The van der Waals surface area contributed by atoms with E-state index < -0.39 is 0 Å². The number of thiol groups is 1. The summed E-state index contributed by atoms with van der Waals surface area (Å²) in [5, 5.41) is 0. The Morgan fingerprint density at radius 1 is 1.16 bits per heavy atom. The Labute approximate surface area is 118 Å². The molecule has 3 heteroatoms. The molecule has 0 bridgehead atoms. The number of benzene rings is 2. The van der Waals surface area contributed by atoms with Gasteiger partial charge in [0.25, 0.3) is 0 Å². The van der Waals surface area contributed by atoms with Gasteiger partial charge < -0.3 is 4.74 Å². The van der Waals surface area contributed by atoms with Gasteiger partial charge in [-0.1, -0.05) is 36.4 Å². The monoisotopic (exact) mass is 272 g/mol. The summed E-state index contributed by atoms with van der Waals surface area (Å²) >= 11 is 3.77. The Hall–Kier alpha value is -1.74. The van der Waals surface area contributed by atoms with Crippen molar-refractivity contribution in [3.63, 3.8) is 0 Å². The smallest absolute Gasteiger partial charge is 0.338 e. The number of carbonyl (C=O) groups is 1. The molecule has 0 saturated carbocycles. The van der Waals surface area contributed by atoms with Gasteiger partial charge in [-0.05, 0) is 42.2 Å². The summed E-state index contributed by atoms with van der Waals surface area (Å²) in [4.78, 5) is 11.0. The Bertz CT molecular complexity index is 564. The second-order valence-corrected chi connectivity index (χ2v) is 4.57. The zero-order valence-corrected chi connectivity index (χ0v) is 11.7. The molecule has 1 aliphatic rings. The number of hydrogen-bond donors (Lipinski definition) is 1. The van der Waals surface area contributed by atoms with Crippen LogP contribution >= 0.6 is 12.6 Å². The maximum atomic E-state index is 11.0. The Morgan fingerprint density at radius 2 is 1.89 bits per heavy atom. The van der Waals surface area contributed by atoms with E-state index in [-0.39, 0.29) is 11.9 Å². The fourth-order valence-corrected chi connectivity index (χ4v) is 1.94. The van der Waals surface area contributed by atoms with Gasteiger partial charge in [-0.2, -0.15) is 0 Å². The third-order valence-corrected chi connectivity index (χ3v) is 3.08. The standard InChI is InChI=1S/C8H8O2S.C8H8/c9-8(10-6-11)7-4-2-1-3-5-7;1-6-3-2-4-7-5-8(6)7/h1-5,11H,6H2;2-4H,5H2,1H3. The molecular weight excluding hydrogens is 256 g/mol. The molecule has 3 rings (SSSR count). The van der Waals surface area contributed by atoms with E-state index in [2.05, 4.69) is 42.5 Å². The van der Waals surface area contributed by atoms with Crippen molar-refractivity contribution in [3.05, 3.63) is 70.8 Å². The van der Waals surface area contributed by atoms with Gasteiger partial charge in [-0.25, -0.2) is 4.79 Å². The molecule has 98 valence electrons. The van der Waals surface area contributed by atoms with E-state index in [4.69, 9.17) is 0 Å². The van der Waals surface area contributed by atoms with Crippen LogP contribution in [0.15, 0.2) is 48.5 Å². The average Bonchev–Trinajstić information content (AvgIpc) is 3.22. The number of aryl methyl sites for hydroxylation is 1. The molecule has 0 fully saturated rings. The summed E-state index contributed by atoms with van der Waals surface area (Å²) in [6, 6.07) is 15.3. The molecule has 19 heavy (non-hydrogen) atoms. The third-order valence-electron chi connectivity index (χ3n) is 2.95. The molecule has 0 heterocycles. The summed E-state index contributed by atoms with van der Waals surface area (Å²) in [7, 11) is 0. The van der Waals surface area contributed by atoms with E-state index in [0.717, 1.165) is 0 Å². The first kappa shape index (κ1) is 13.7. The second kappa shape index (κ2) is 6.43. The maximum absolute atomic E-state index is 11.0. The highest BCUT2D eigenvalue weighted by Gasteiger charge is 2.16. The molecule has 0 aliphatic heterocycles. The molecule has 2 nitrogen and oxygen atoms in total. The molecule has 0 saturated heterocycles. The Balaban J connectivity index is 0.000000146.